The maximum Gasteiger partial charge on any atom is 0.187 e. The average molecular weight is 320 g/mol. The summed E-state index contributed by atoms with van der Waals surface area (Å²) >= 11 is 0. The second-order valence-electron chi connectivity index (χ2n) is 7.48. The van der Waals surface area contributed by atoms with Crippen LogP contribution in [0.4, 0.5) is 10.2 Å². The van der Waals surface area contributed by atoms with Gasteiger partial charge in [-0.05, 0) is 33.4 Å². The molecule has 4 rings (SSSR count). The smallest absolute Gasteiger partial charge is 0.187 e. The van der Waals surface area contributed by atoms with Crippen LogP contribution in [-0.2, 0) is 11.2 Å². The minimum atomic E-state index is -0.259. The van der Waals surface area contributed by atoms with Gasteiger partial charge in [0.25, 0.3) is 0 Å². The van der Waals surface area contributed by atoms with E-state index in [1.165, 1.54) is 6.33 Å². The predicted octanol–water partition coefficient (Wildman–Crippen LogP) is 1.72. The zero-order valence-corrected chi connectivity index (χ0v) is 14.1. The molecular formula is C17H25FN4O. The number of fused-ring (bicyclic) bond motifs is 1. The van der Waals surface area contributed by atoms with E-state index < -0.39 is 0 Å². The van der Waals surface area contributed by atoms with Crippen LogP contribution in [0.2, 0.25) is 0 Å². The van der Waals surface area contributed by atoms with Crippen molar-refractivity contribution < 1.29 is 9.13 Å². The van der Waals surface area contributed by atoms with Crippen LogP contribution < -0.4 is 4.90 Å². The van der Waals surface area contributed by atoms with Gasteiger partial charge in [-0.1, -0.05) is 6.92 Å². The largest absolute Gasteiger partial charge is 0.369 e. The van der Waals surface area contributed by atoms with Crippen LogP contribution in [0.1, 0.15) is 25.5 Å². The van der Waals surface area contributed by atoms with Crippen LogP contribution in [0.5, 0.6) is 0 Å². The molecule has 1 aromatic rings. The molecule has 5 nitrogen and oxygen atoms in total. The molecule has 0 aromatic carbocycles. The van der Waals surface area contributed by atoms with E-state index in [0.717, 1.165) is 32.5 Å². The zero-order chi connectivity index (χ0) is 16.2. The fraction of sp³-hybridized carbons (Fsp3) is 0.765. The summed E-state index contributed by atoms with van der Waals surface area (Å²) < 4.78 is 21.0. The number of hydrogen-bond acceptors (Lipinski definition) is 5. The van der Waals surface area contributed by atoms with Gasteiger partial charge in [0.2, 0.25) is 0 Å². The summed E-state index contributed by atoms with van der Waals surface area (Å²) in [4.78, 5) is 12.6. The number of hydrogen-bond donors (Lipinski definition) is 0. The third-order valence-corrected chi connectivity index (χ3v) is 5.84. The third kappa shape index (κ3) is 2.26. The normalized spacial score (nSPS) is 35.3. The van der Waals surface area contributed by atoms with E-state index >= 15 is 0 Å². The Labute approximate surface area is 136 Å². The van der Waals surface area contributed by atoms with Crippen LogP contribution in [0.15, 0.2) is 6.33 Å². The van der Waals surface area contributed by atoms with Crippen LogP contribution in [-0.4, -0.2) is 60.3 Å². The summed E-state index contributed by atoms with van der Waals surface area (Å²) in [5.41, 5.74) is 0.411. The minimum Gasteiger partial charge on any atom is -0.369 e. The lowest BCUT2D eigenvalue weighted by Gasteiger charge is -2.30. The maximum absolute atomic E-state index is 14.6. The molecule has 3 fully saturated rings. The third-order valence-electron chi connectivity index (χ3n) is 5.84. The molecule has 4 heterocycles. The number of ether oxygens (including phenoxy) is 1. The lowest BCUT2D eigenvalue weighted by Crippen LogP contribution is -2.40. The lowest BCUT2D eigenvalue weighted by molar-refractivity contribution is 0.0136. The molecule has 3 aliphatic rings. The van der Waals surface area contributed by atoms with Crippen molar-refractivity contribution in [1.29, 1.82) is 0 Å². The molecule has 3 aliphatic heterocycles. The molecule has 126 valence electrons. The van der Waals surface area contributed by atoms with Gasteiger partial charge in [0.05, 0.1) is 17.4 Å². The Kier molecular flexibility index (Phi) is 3.57. The number of aryl methyl sites for hydroxylation is 1. The van der Waals surface area contributed by atoms with E-state index in [4.69, 9.17) is 4.74 Å². The lowest BCUT2D eigenvalue weighted by atomic mass is 9.73. The zero-order valence-electron chi connectivity index (χ0n) is 14.1. The molecule has 2 bridgehead atoms. The minimum absolute atomic E-state index is 0.0882. The summed E-state index contributed by atoms with van der Waals surface area (Å²) in [6.07, 6.45) is 4.68. The molecule has 0 radical (unpaired) electrons. The Hall–Kier alpha value is -1.27. The summed E-state index contributed by atoms with van der Waals surface area (Å²) in [7, 11) is 4.23. The van der Waals surface area contributed by atoms with E-state index in [1.807, 2.05) is 6.92 Å². The molecule has 6 heteroatoms. The van der Waals surface area contributed by atoms with E-state index in [9.17, 15) is 4.39 Å². The molecule has 0 N–H and O–H groups in total. The number of halogens is 1. The Morgan fingerprint density at radius 2 is 2.26 bits per heavy atom. The number of anilines is 1. The molecule has 4 atom stereocenters. The van der Waals surface area contributed by atoms with Gasteiger partial charge in [0.1, 0.15) is 6.33 Å². The van der Waals surface area contributed by atoms with Crippen molar-refractivity contribution in [3.8, 4) is 0 Å². The summed E-state index contributed by atoms with van der Waals surface area (Å²) in [5.74, 6) is 1.21. The first-order chi connectivity index (χ1) is 11.0. The van der Waals surface area contributed by atoms with Gasteiger partial charge in [-0.15, -0.1) is 0 Å². The van der Waals surface area contributed by atoms with Gasteiger partial charge in [0.15, 0.2) is 11.6 Å². The topological polar surface area (TPSA) is 41.5 Å². The molecule has 1 spiro atoms. The van der Waals surface area contributed by atoms with Gasteiger partial charge in [-0.25, -0.2) is 14.4 Å². The van der Waals surface area contributed by atoms with Crippen molar-refractivity contribution in [2.75, 3.05) is 38.6 Å². The monoisotopic (exact) mass is 320 g/mol. The second-order valence-corrected chi connectivity index (χ2v) is 7.48. The highest BCUT2D eigenvalue weighted by Gasteiger charge is 2.63. The quantitative estimate of drug-likeness (QED) is 0.845. The molecule has 23 heavy (non-hydrogen) atoms. The molecule has 0 unspecified atom stereocenters. The van der Waals surface area contributed by atoms with E-state index in [-0.39, 0.29) is 11.4 Å². The van der Waals surface area contributed by atoms with Crippen molar-refractivity contribution in [1.82, 2.24) is 14.9 Å². The fourth-order valence-electron chi connectivity index (χ4n) is 4.88. The second kappa shape index (κ2) is 5.38. The first-order valence-electron chi connectivity index (χ1n) is 8.61. The standard InChI is InChI=1S/C17H25FN4O/c1-4-13-15(18)16(20-10-19-13)22-8-12-11(7-21(2)3)14-5-6-17(12,9-22)23-14/h10-12,14H,4-9H2,1-3H3/t11-,12+,14+,17+/m0/s1. The van der Waals surface area contributed by atoms with Gasteiger partial charge in [-0.3, -0.25) is 0 Å². The molecule has 1 aromatic heterocycles. The predicted molar refractivity (Wildman–Crippen MR) is 86.0 cm³/mol. The average Bonchev–Trinajstić information content (AvgIpc) is 3.16. The van der Waals surface area contributed by atoms with Crippen LogP contribution >= 0.6 is 0 Å². The first kappa shape index (κ1) is 15.3. The van der Waals surface area contributed by atoms with Crippen molar-refractivity contribution in [2.24, 2.45) is 11.8 Å². The van der Waals surface area contributed by atoms with Crippen molar-refractivity contribution in [3.63, 3.8) is 0 Å². The van der Waals surface area contributed by atoms with Crippen LogP contribution in [0.3, 0.4) is 0 Å². The maximum atomic E-state index is 14.6. The Morgan fingerprint density at radius 3 is 3.00 bits per heavy atom. The molecule has 0 amide bonds. The number of rotatable bonds is 4. The highest BCUT2D eigenvalue weighted by molar-refractivity contribution is 5.45. The van der Waals surface area contributed by atoms with Crippen LogP contribution in [0.25, 0.3) is 0 Å². The summed E-state index contributed by atoms with van der Waals surface area (Å²) in [6, 6.07) is 0. The van der Waals surface area contributed by atoms with Crippen molar-refractivity contribution >= 4 is 5.82 Å². The Bertz CT molecular complexity index is 610. The molecule has 0 saturated carbocycles. The summed E-state index contributed by atoms with van der Waals surface area (Å²) in [6.45, 7) is 4.56. The number of nitrogens with zero attached hydrogens (tertiary/aromatic N) is 4. The highest BCUT2D eigenvalue weighted by atomic mass is 19.1. The molecule has 0 aliphatic carbocycles. The van der Waals surface area contributed by atoms with E-state index in [1.54, 1.807) is 0 Å². The fourth-order valence-corrected chi connectivity index (χ4v) is 4.88. The Morgan fingerprint density at radius 1 is 1.43 bits per heavy atom. The SMILES string of the molecule is CCc1ncnc(N2C[C@@H]3[C@H](CN(C)C)[C@H]4CC[C@]3(C2)O4)c1F. The first-order valence-corrected chi connectivity index (χ1v) is 8.61. The van der Waals surface area contributed by atoms with Gasteiger partial charge in [0, 0.05) is 31.5 Å². The molecule has 3 saturated heterocycles. The van der Waals surface area contributed by atoms with Crippen molar-refractivity contribution in [2.45, 2.75) is 37.9 Å². The summed E-state index contributed by atoms with van der Waals surface area (Å²) in [5, 5.41) is 0. The molecular weight excluding hydrogens is 295 g/mol. The van der Waals surface area contributed by atoms with E-state index in [2.05, 4.69) is 33.9 Å². The van der Waals surface area contributed by atoms with Crippen molar-refractivity contribution in [3.05, 3.63) is 17.8 Å². The van der Waals surface area contributed by atoms with Crippen LogP contribution in [0, 0.1) is 17.7 Å². The van der Waals surface area contributed by atoms with Gasteiger partial charge < -0.3 is 14.5 Å². The van der Waals surface area contributed by atoms with Gasteiger partial charge in [-0.2, -0.15) is 0 Å². The van der Waals surface area contributed by atoms with E-state index in [0.29, 0.717) is 35.9 Å². The van der Waals surface area contributed by atoms with Gasteiger partial charge >= 0.3 is 0 Å². The highest BCUT2D eigenvalue weighted by Crippen LogP contribution is 2.55. The number of aromatic nitrogens is 2. The Balaban J connectivity index is 1.61.